The number of hydrogen-bond donors (Lipinski definition) is 0. The van der Waals surface area contributed by atoms with E-state index in [1.54, 1.807) is 0 Å². The Kier molecular flexibility index (Phi) is 11.9. The standard InChI is InChI=1S/C25H20O2.CHF3O3S.ClH.Ti/c26-24-20(13-7-15-22(24)18-9-3-1-4-10-18)17-21-14-8-16-23(25(21)27)19-11-5-2-6-12-19;2-1(3,4)8(5,6)7;;/h1-16,26-27H,17H2;(H,5,6,7);1H;/q;;;+4/p-4. The fraction of sp³-hybridized carbons (Fsp3) is 0.0769. The summed E-state index contributed by atoms with van der Waals surface area (Å²) in [5, 5.41) is 25.9. The Morgan fingerprint density at radius 1 is 0.622 bits per heavy atom. The first-order chi connectivity index (χ1) is 16.5. The summed E-state index contributed by atoms with van der Waals surface area (Å²) in [5.41, 5.74) is -1.25. The Morgan fingerprint density at radius 3 is 1.24 bits per heavy atom. The Labute approximate surface area is 233 Å². The van der Waals surface area contributed by atoms with Crippen LogP contribution in [0.4, 0.5) is 13.2 Å². The van der Waals surface area contributed by atoms with Gasteiger partial charge in [0, 0.05) is 0 Å². The molecule has 0 heterocycles. The first kappa shape index (κ1) is 32.2. The third-order valence-electron chi connectivity index (χ3n) is 5.03. The Bertz CT molecular complexity index is 1310. The first-order valence-electron chi connectivity index (χ1n) is 10.2. The van der Waals surface area contributed by atoms with Crippen LogP contribution in [0.25, 0.3) is 22.3 Å². The number of rotatable bonds is 4. The van der Waals surface area contributed by atoms with Gasteiger partial charge in [0.25, 0.3) is 0 Å². The molecule has 0 bridgehead atoms. The molecule has 0 aliphatic heterocycles. The molecule has 190 valence electrons. The molecule has 0 saturated carbocycles. The molecule has 0 atom stereocenters. The average molecular weight is 583 g/mol. The zero-order chi connectivity index (χ0) is 25.6. The van der Waals surface area contributed by atoms with Crippen LogP contribution in [0, 0.1) is 0 Å². The van der Waals surface area contributed by atoms with E-state index in [-0.39, 0.29) is 45.6 Å². The molecule has 0 aliphatic carbocycles. The quantitative estimate of drug-likeness (QED) is 0.208. The molecule has 0 saturated heterocycles. The van der Waals surface area contributed by atoms with Crippen molar-refractivity contribution in [2.24, 2.45) is 0 Å². The van der Waals surface area contributed by atoms with E-state index in [9.17, 15) is 23.4 Å². The van der Waals surface area contributed by atoms with Crippen molar-refractivity contribution in [2.45, 2.75) is 11.9 Å². The Hall–Kier alpha value is -2.82. The minimum atomic E-state index is -6.09. The summed E-state index contributed by atoms with van der Waals surface area (Å²) >= 11 is 0. The summed E-state index contributed by atoms with van der Waals surface area (Å²) in [6, 6.07) is 30.3. The maximum atomic E-state index is 12.9. The van der Waals surface area contributed by atoms with Gasteiger partial charge in [0.1, 0.15) is 0 Å². The molecule has 0 N–H and O–H groups in total. The van der Waals surface area contributed by atoms with Crippen LogP contribution < -0.4 is 22.6 Å². The summed E-state index contributed by atoms with van der Waals surface area (Å²) in [7, 11) is -6.09. The van der Waals surface area contributed by atoms with Gasteiger partial charge < -0.3 is 27.2 Å². The number of alkyl halides is 3. The Balaban J connectivity index is 0.000000600. The van der Waals surface area contributed by atoms with Crippen molar-refractivity contribution < 1.29 is 70.5 Å². The van der Waals surface area contributed by atoms with Gasteiger partial charge in [-0.05, 0) is 28.7 Å². The summed E-state index contributed by atoms with van der Waals surface area (Å²) in [5.74, 6) is -0.0403. The van der Waals surface area contributed by atoms with E-state index in [2.05, 4.69) is 0 Å². The second-order valence-corrected chi connectivity index (χ2v) is 8.77. The van der Waals surface area contributed by atoms with Crippen LogP contribution in [0.15, 0.2) is 97.1 Å². The van der Waals surface area contributed by atoms with E-state index in [1.165, 1.54) is 0 Å². The van der Waals surface area contributed by atoms with E-state index >= 15 is 0 Å². The van der Waals surface area contributed by atoms with E-state index in [0.29, 0.717) is 28.7 Å². The average Bonchev–Trinajstić information content (AvgIpc) is 2.82. The van der Waals surface area contributed by atoms with Gasteiger partial charge in [0.05, 0.1) is 0 Å². The monoisotopic (exact) mass is 582 g/mol. The van der Waals surface area contributed by atoms with Gasteiger partial charge >= 0.3 is 27.2 Å². The molecular formula is C26H18ClF3O5STi. The fourth-order valence-corrected chi connectivity index (χ4v) is 3.34. The van der Waals surface area contributed by atoms with Gasteiger partial charge in [0.15, 0.2) is 10.1 Å². The fourth-order valence-electron chi connectivity index (χ4n) is 3.34. The summed E-state index contributed by atoms with van der Waals surface area (Å²) in [6.45, 7) is 0. The molecule has 0 spiro atoms. The van der Waals surface area contributed by atoms with Crippen LogP contribution in [0.2, 0.25) is 0 Å². The second kappa shape index (κ2) is 13.6. The predicted octanol–water partition coefficient (Wildman–Crippen LogP) is 1.81. The third-order valence-corrected chi connectivity index (χ3v) is 5.59. The molecule has 0 amide bonds. The SMILES string of the molecule is O=S(=O)([O-])C(F)(F)F.[Cl-].[O-]c1c(Cc2cccc(-c3ccccc3)c2[O-])cccc1-c1ccccc1.[Ti+4]. The van der Waals surface area contributed by atoms with Crippen LogP contribution in [0.3, 0.4) is 0 Å². The molecule has 0 radical (unpaired) electrons. The molecule has 4 rings (SSSR count). The van der Waals surface area contributed by atoms with Crippen molar-refractivity contribution in [1.29, 1.82) is 0 Å². The van der Waals surface area contributed by atoms with Gasteiger partial charge in [-0.1, -0.05) is 120 Å². The van der Waals surface area contributed by atoms with Gasteiger partial charge in [-0.25, -0.2) is 8.42 Å². The van der Waals surface area contributed by atoms with Crippen molar-refractivity contribution in [3.8, 4) is 33.8 Å². The minimum absolute atomic E-state index is 0. The molecule has 37 heavy (non-hydrogen) atoms. The molecular weight excluding hydrogens is 565 g/mol. The molecule has 0 aliphatic rings. The van der Waals surface area contributed by atoms with Crippen molar-refractivity contribution in [1.82, 2.24) is 0 Å². The second-order valence-electron chi connectivity index (χ2n) is 7.40. The third kappa shape index (κ3) is 8.35. The van der Waals surface area contributed by atoms with Gasteiger partial charge in [-0.15, -0.1) is 0 Å². The largest absolute Gasteiger partial charge is 4.00 e. The van der Waals surface area contributed by atoms with Crippen LogP contribution in [0.1, 0.15) is 11.1 Å². The zero-order valence-electron chi connectivity index (χ0n) is 18.9. The number of halogens is 4. The zero-order valence-corrected chi connectivity index (χ0v) is 22.0. The first-order valence-corrected chi connectivity index (χ1v) is 11.6. The molecule has 4 aromatic carbocycles. The smallest absolute Gasteiger partial charge is 1.00 e. The topological polar surface area (TPSA) is 103 Å². The molecule has 5 nitrogen and oxygen atoms in total. The molecule has 4 aromatic rings. The van der Waals surface area contributed by atoms with Gasteiger partial charge in [0.2, 0.25) is 0 Å². The van der Waals surface area contributed by atoms with Crippen LogP contribution in [-0.2, 0) is 38.3 Å². The van der Waals surface area contributed by atoms with Crippen molar-refractivity contribution >= 4 is 10.1 Å². The maximum absolute atomic E-state index is 12.9. The minimum Gasteiger partial charge on any atom is -1.00 e. The van der Waals surface area contributed by atoms with Gasteiger partial charge in [-0.2, -0.15) is 13.2 Å². The number of benzene rings is 4. The predicted molar refractivity (Wildman–Crippen MR) is 121 cm³/mol. The summed E-state index contributed by atoms with van der Waals surface area (Å²) in [4.78, 5) is 0. The van der Waals surface area contributed by atoms with Crippen LogP contribution >= 0.6 is 0 Å². The maximum Gasteiger partial charge on any atom is 4.00 e. The number of para-hydroxylation sites is 2. The summed E-state index contributed by atoms with van der Waals surface area (Å²) < 4.78 is 58.9. The molecule has 0 fully saturated rings. The van der Waals surface area contributed by atoms with Crippen LogP contribution in [-0.4, -0.2) is 18.5 Å². The van der Waals surface area contributed by atoms with E-state index in [0.717, 1.165) is 11.1 Å². The van der Waals surface area contributed by atoms with Crippen molar-refractivity contribution in [3.63, 3.8) is 0 Å². The number of hydrogen-bond acceptors (Lipinski definition) is 5. The van der Waals surface area contributed by atoms with E-state index in [4.69, 9.17) is 13.0 Å². The van der Waals surface area contributed by atoms with E-state index < -0.39 is 15.6 Å². The molecule has 11 heteroatoms. The molecule has 0 unspecified atom stereocenters. The van der Waals surface area contributed by atoms with E-state index in [1.807, 2.05) is 97.1 Å². The summed E-state index contributed by atoms with van der Waals surface area (Å²) in [6.07, 6.45) is 0.332. The normalized spacial score (nSPS) is 10.8. The molecule has 0 aromatic heterocycles. The van der Waals surface area contributed by atoms with Crippen molar-refractivity contribution in [2.75, 3.05) is 0 Å². The van der Waals surface area contributed by atoms with Crippen molar-refractivity contribution in [3.05, 3.63) is 108 Å². The van der Waals surface area contributed by atoms with Gasteiger partial charge in [-0.3, -0.25) is 0 Å². The van der Waals surface area contributed by atoms with Crippen LogP contribution in [0.5, 0.6) is 11.5 Å². The Morgan fingerprint density at radius 2 is 0.946 bits per heavy atom.